The van der Waals surface area contributed by atoms with E-state index in [0.717, 1.165) is 0 Å². The first-order valence-corrected chi connectivity index (χ1v) is 10.8. The molecule has 2 rings (SSSR count). The number of H-pyrrole nitrogens is 1. The van der Waals surface area contributed by atoms with Crippen LogP contribution in [0.3, 0.4) is 0 Å². The molecule has 1 heterocycles. The van der Waals surface area contributed by atoms with Gasteiger partial charge in [-0.2, -0.15) is 0 Å². The van der Waals surface area contributed by atoms with E-state index in [1.165, 1.54) is 29.0 Å². The Kier molecular flexibility index (Phi) is 8.48. The van der Waals surface area contributed by atoms with Crippen LogP contribution in [-0.4, -0.2) is 36.8 Å². The van der Waals surface area contributed by atoms with Crippen LogP contribution in [0.25, 0.3) is 0 Å². The molecular formula is C19H23F2N3O5S. The van der Waals surface area contributed by atoms with Crippen LogP contribution >= 0.6 is 0 Å². The third kappa shape index (κ3) is 7.91. The average Bonchev–Trinajstić information content (AvgIpc) is 2.67. The van der Waals surface area contributed by atoms with Gasteiger partial charge < -0.3 is 4.74 Å². The van der Waals surface area contributed by atoms with Gasteiger partial charge in [-0.15, -0.1) is 0 Å². The lowest BCUT2D eigenvalue weighted by atomic mass is 10.1. The summed E-state index contributed by atoms with van der Waals surface area (Å²) in [5.41, 5.74) is -0.453. The van der Waals surface area contributed by atoms with Gasteiger partial charge in [0.15, 0.2) is 0 Å². The molecule has 0 aliphatic rings. The third-order valence-electron chi connectivity index (χ3n) is 4.01. The zero-order chi connectivity index (χ0) is 22.1. The molecule has 11 heteroatoms. The van der Waals surface area contributed by atoms with E-state index in [0.29, 0.717) is 5.56 Å². The fourth-order valence-electron chi connectivity index (χ4n) is 2.55. The number of sulfonamides is 1. The average molecular weight is 443 g/mol. The summed E-state index contributed by atoms with van der Waals surface area (Å²) in [5.74, 6) is 0.0647. The Bertz CT molecular complexity index is 1080. The van der Waals surface area contributed by atoms with Crippen LogP contribution in [0.1, 0.15) is 24.9 Å². The number of allylic oxidation sites excluding steroid dienone is 2. The van der Waals surface area contributed by atoms with Crippen molar-refractivity contribution in [2.75, 3.05) is 12.4 Å². The van der Waals surface area contributed by atoms with Crippen molar-refractivity contribution >= 4 is 10.0 Å². The number of hydrogen-bond donors (Lipinski definition) is 2. The molecule has 0 amide bonds. The molecule has 1 atom stereocenters. The molecule has 1 aromatic heterocycles. The second-order valence-electron chi connectivity index (χ2n) is 6.46. The fraction of sp³-hybridized carbons (Fsp3) is 0.368. The molecule has 0 saturated carbocycles. The molecule has 0 aliphatic heterocycles. The number of alkyl halides is 2. The van der Waals surface area contributed by atoms with Gasteiger partial charge in [0.2, 0.25) is 10.0 Å². The van der Waals surface area contributed by atoms with E-state index in [9.17, 15) is 26.8 Å². The minimum absolute atomic E-state index is 0.171. The van der Waals surface area contributed by atoms with E-state index in [4.69, 9.17) is 4.74 Å². The first kappa shape index (κ1) is 23.5. The summed E-state index contributed by atoms with van der Waals surface area (Å²) in [5, 5.41) is 0. The summed E-state index contributed by atoms with van der Waals surface area (Å²) in [6.07, 6.45) is 2.23. The summed E-state index contributed by atoms with van der Waals surface area (Å²) in [6.45, 7) is 1.11. The summed E-state index contributed by atoms with van der Waals surface area (Å²) in [7, 11) is -3.60. The van der Waals surface area contributed by atoms with Crippen LogP contribution in [0.2, 0.25) is 0 Å². The lowest BCUT2D eigenvalue weighted by molar-refractivity contribution is 0.0818. The van der Waals surface area contributed by atoms with E-state index in [1.54, 1.807) is 31.2 Å². The van der Waals surface area contributed by atoms with E-state index >= 15 is 0 Å². The van der Waals surface area contributed by atoms with Crippen molar-refractivity contribution in [1.82, 2.24) is 14.3 Å². The van der Waals surface area contributed by atoms with Crippen LogP contribution in [0.4, 0.5) is 8.78 Å². The van der Waals surface area contributed by atoms with Crippen LogP contribution in [0.15, 0.2) is 58.3 Å². The molecule has 0 fully saturated rings. The highest BCUT2D eigenvalue weighted by Crippen LogP contribution is 2.20. The van der Waals surface area contributed by atoms with Crippen molar-refractivity contribution in [3.8, 4) is 5.75 Å². The molecule has 0 spiro atoms. The third-order valence-corrected chi connectivity index (χ3v) is 5.50. The Morgan fingerprint density at radius 3 is 2.70 bits per heavy atom. The van der Waals surface area contributed by atoms with Crippen LogP contribution in [-0.2, 0) is 16.6 Å². The molecule has 0 unspecified atom stereocenters. The fourth-order valence-corrected chi connectivity index (χ4v) is 3.79. The maximum atomic E-state index is 12.3. The number of aromatic amines is 1. The predicted octanol–water partition coefficient (Wildman–Crippen LogP) is 1.81. The van der Waals surface area contributed by atoms with Gasteiger partial charge in [-0.1, -0.05) is 24.3 Å². The molecule has 0 bridgehead atoms. The standard InChI is InChI=1S/C19H23F2N3O5S/c1-14(15-6-5-7-16(12-15)29-13-17(20)21)23-30(27,28)11-4-2-3-9-24-10-8-18(25)22-19(24)26/h2-3,5-8,10,12,14,17,23H,4,9,11,13H2,1H3,(H,22,25,26)/b3-2+/t14-/m1/s1. The van der Waals surface area contributed by atoms with E-state index in [1.807, 2.05) is 0 Å². The number of hydrogen-bond acceptors (Lipinski definition) is 5. The largest absolute Gasteiger partial charge is 0.488 e. The Hall–Kier alpha value is -2.79. The second-order valence-corrected chi connectivity index (χ2v) is 8.33. The Balaban J connectivity index is 1.86. The highest BCUT2D eigenvalue weighted by atomic mass is 32.2. The van der Waals surface area contributed by atoms with E-state index in [2.05, 4.69) is 9.71 Å². The molecule has 0 saturated heterocycles. The minimum atomic E-state index is -3.60. The van der Waals surface area contributed by atoms with Crippen LogP contribution in [0, 0.1) is 0 Å². The topological polar surface area (TPSA) is 110 Å². The Morgan fingerprint density at radius 1 is 1.23 bits per heavy atom. The quantitative estimate of drug-likeness (QED) is 0.515. The molecule has 30 heavy (non-hydrogen) atoms. The molecule has 2 aromatic rings. The number of benzene rings is 1. The summed E-state index contributed by atoms with van der Waals surface area (Å²) < 4.78 is 57.8. The zero-order valence-corrected chi connectivity index (χ0v) is 17.1. The molecule has 164 valence electrons. The second kappa shape index (κ2) is 10.8. The lowest BCUT2D eigenvalue weighted by Crippen LogP contribution is -2.29. The SMILES string of the molecule is C[C@@H](NS(=O)(=O)CC/C=C/Cn1ccc(=O)[nH]c1=O)c1cccc(OCC(F)F)c1. The number of nitrogens with one attached hydrogen (secondary N) is 2. The van der Waals surface area contributed by atoms with Crippen molar-refractivity contribution in [2.24, 2.45) is 0 Å². The van der Waals surface area contributed by atoms with Gasteiger partial charge in [-0.05, 0) is 31.0 Å². The number of nitrogens with zero attached hydrogens (tertiary/aromatic N) is 1. The minimum Gasteiger partial charge on any atom is -0.488 e. The van der Waals surface area contributed by atoms with Crippen LogP contribution < -0.4 is 20.7 Å². The number of aromatic nitrogens is 2. The van der Waals surface area contributed by atoms with Crippen molar-refractivity contribution < 1.29 is 21.9 Å². The Morgan fingerprint density at radius 2 is 2.00 bits per heavy atom. The van der Waals surface area contributed by atoms with Crippen molar-refractivity contribution in [2.45, 2.75) is 32.4 Å². The molecule has 0 radical (unpaired) electrons. The molecule has 0 aliphatic carbocycles. The van der Waals surface area contributed by atoms with Gasteiger partial charge in [0.05, 0.1) is 5.75 Å². The molecule has 1 aromatic carbocycles. The summed E-state index contributed by atoms with van der Waals surface area (Å²) in [6, 6.07) is 6.95. The maximum absolute atomic E-state index is 12.3. The molecule has 8 nitrogen and oxygen atoms in total. The predicted molar refractivity (Wildman–Crippen MR) is 108 cm³/mol. The highest BCUT2D eigenvalue weighted by molar-refractivity contribution is 7.89. The molecule has 2 N–H and O–H groups in total. The maximum Gasteiger partial charge on any atom is 0.328 e. The van der Waals surface area contributed by atoms with Gasteiger partial charge in [0.25, 0.3) is 12.0 Å². The highest BCUT2D eigenvalue weighted by Gasteiger charge is 2.16. The first-order chi connectivity index (χ1) is 14.2. The van der Waals surface area contributed by atoms with Crippen LogP contribution in [0.5, 0.6) is 5.75 Å². The van der Waals surface area contributed by atoms with Gasteiger partial charge in [-0.3, -0.25) is 14.3 Å². The number of ether oxygens (including phenoxy) is 1. The van der Waals surface area contributed by atoms with Gasteiger partial charge in [0, 0.05) is 24.8 Å². The van der Waals surface area contributed by atoms with Crippen molar-refractivity contribution in [3.63, 3.8) is 0 Å². The van der Waals surface area contributed by atoms with Gasteiger partial charge in [-0.25, -0.2) is 26.7 Å². The number of halogens is 2. The van der Waals surface area contributed by atoms with Crippen molar-refractivity contribution in [3.05, 3.63) is 75.1 Å². The normalized spacial score (nSPS) is 13.1. The summed E-state index contributed by atoms with van der Waals surface area (Å²) in [4.78, 5) is 24.7. The van der Waals surface area contributed by atoms with E-state index < -0.39 is 40.3 Å². The first-order valence-electron chi connectivity index (χ1n) is 9.12. The van der Waals surface area contributed by atoms with Crippen molar-refractivity contribution in [1.29, 1.82) is 0 Å². The van der Waals surface area contributed by atoms with Gasteiger partial charge in [0.1, 0.15) is 12.4 Å². The van der Waals surface area contributed by atoms with E-state index in [-0.39, 0.29) is 24.5 Å². The number of rotatable bonds is 11. The lowest BCUT2D eigenvalue weighted by Gasteiger charge is -2.15. The zero-order valence-electron chi connectivity index (χ0n) is 16.3. The monoisotopic (exact) mass is 443 g/mol. The summed E-state index contributed by atoms with van der Waals surface area (Å²) >= 11 is 0. The smallest absolute Gasteiger partial charge is 0.328 e. The molecular weight excluding hydrogens is 420 g/mol. The van der Waals surface area contributed by atoms with Gasteiger partial charge >= 0.3 is 5.69 Å². The Labute approximate surface area is 172 Å².